The Morgan fingerprint density at radius 2 is 1.31 bits per heavy atom. The highest BCUT2D eigenvalue weighted by atomic mass is 16.4. The molecular formula is C25H32N4O6. The van der Waals surface area contributed by atoms with Gasteiger partial charge < -0.3 is 31.9 Å². The number of amides is 3. The second-order valence-corrected chi connectivity index (χ2v) is 8.56. The molecule has 0 bridgehead atoms. The van der Waals surface area contributed by atoms with Gasteiger partial charge in [-0.1, -0.05) is 56.3 Å². The third-order valence-electron chi connectivity index (χ3n) is 5.36. The first-order chi connectivity index (χ1) is 16.6. The average Bonchev–Trinajstić information content (AvgIpc) is 2.82. The first-order valence-corrected chi connectivity index (χ1v) is 11.2. The van der Waals surface area contributed by atoms with Crippen molar-refractivity contribution in [3.63, 3.8) is 0 Å². The summed E-state index contributed by atoms with van der Waals surface area (Å²) in [6, 6.07) is 12.1. The molecule has 0 aliphatic heterocycles. The summed E-state index contributed by atoms with van der Waals surface area (Å²) < 4.78 is 0. The van der Waals surface area contributed by atoms with Gasteiger partial charge in [0.1, 0.15) is 24.4 Å². The summed E-state index contributed by atoms with van der Waals surface area (Å²) in [7, 11) is 0. The van der Waals surface area contributed by atoms with Gasteiger partial charge in [0.2, 0.25) is 17.7 Å². The number of nitrogens with two attached hydrogens (primary N) is 1. The molecule has 0 radical (unpaired) electrons. The maximum absolute atomic E-state index is 13.3. The fourth-order valence-corrected chi connectivity index (χ4v) is 3.27. The van der Waals surface area contributed by atoms with E-state index < -0.39 is 48.4 Å². The van der Waals surface area contributed by atoms with Crippen LogP contribution < -0.4 is 21.7 Å². The van der Waals surface area contributed by atoms with Crippen LogP contribution in [0, 0.1) is 5.92 Å². The molecule has 2 rings (SSSR count). The molecule has 0 heterocycles. The van der Waals surface area contributed by atoms with Gasteiger partial charge in [-0.05, 0) is 29.2 Å². The monoisotopic (exact) mass is 484 g/mol. The van der Waals surface area contributed by atoms with E-state index in [-0.39, 0.29) is 24.5 Å². The van der Waals surface area contributed by atoms with Gasteiger partial charge in [0.15, 0.2) is 0 Å². The van der Waals surface area contributed by atoms with Crippen molar-refractivity contribution in [3.05, 3.63) is 65.7 Å². The Morgan fingerprint density at radius 1 is 0.800 bits per heavy atom. The van der Waals surface area contributed by atoms with E-state index in [1.54, 1.807) is 38.1 Å². The molecule has 10 heteroatoms. The van der Waals surface area contributed by atoms with Crippen LogP contribution in [0.4, 0.5) is 0 Å². The van der Waals surface area contributed by atoms with Crippen LogP contribution >= 0.6 is 0 Å². The van der Waals surface area contributed by atoms with Crippen molar-refractivity contribution >= 4 is 23.7 Å². The number of hydrogen-bond acceptors (Lipinski definition) is 6. The van der Waals surface area contributed by atoms with E-state index in [2.05, 4.69) is 16.0 Å². The Kier molecular flexibility index (Phi) is 10.2. The molecule has 3 atom stereocenters. The smallest absolute Gasteiger partial charge is 0.322 e. The topological polar surface area (TPSA) is 171 Å². The Bertz CT molecular complexity index is 1010. The molecule has 188 valence electrons. The predicted molar refractivity (Wildman–Crippen MR) is 129 cm³/mol. The maximum atomic E-state index is 13.3. The number of aliphatic carboxylic acids is 1. The number of hydrogen-bond donors (Lipinski definition) is 6. The summed E-state index contributed by atoms with van der Waals surface area (Å²) in [5, 5.41) is 26.0. The fraction of sp³-hybridized carbons (Fsp3) is 0.360. The Labute approximate surface area is 203 Å². The molecule has 3 amide bonds. The molecule has 0 saturated heterocycles. The van der Waals surface area contributed by atoms with Crippen LogP contribution in [0.15, 0.2) is 54.6 Å². The minimum Gasteiger partial charge on any atom is -0.508 e. The van der Waals surface area contributed by atoms with Crippen LogP contribution in [0.2, 0.25) is 0 Å². The average molecular weight is 485 g/mol. The van der Waals surface area contributed by atoms with Crippen LogP contribution in [0.25, 0.3) is 0 Å². The lowest BCUT2D eigenvalue weighted by molar-refractivity contribution is -0.138. The van der Waals surface area contributed by atoms with E-state index in [0.717, 1.165) is 5.56 Å². The third-order valence-corrected chi connectivity index (χ3v) is 5.36. The molecule has 2 aromatic rings. The Morgan fingerprint density at radius 3 is 1.86 bits per heavy atom. The second-order valence-electron chi connectivity index (χ2n) is 8.56. The minimum absolute atomic E-state index is 0.0367. The van der Waals surface area contributed by atoms with Crippen LogP contribution in [0.5, 0.6) is 5.75 Å². The summed E-state index contributed by atoms with van der Waals surface area (Å²) >= 11 is 0. The van der Waals surface area contributed by atoms with Gasteiger partial charge in [-0.25, -0.2) is 0 Å². The number of carbonyl (C=O) groups is 4. The van der Waals surface area contributed by atoms with E-state index >= 15 is 0 Å². The molecule has 0 saturated carbocycles. The zero-order valence-corrected chi connectivity index (χ0v) is 19.7. The fourth-order valence-electron chi connectivity index (χ4n) is 3.27. The lowest BCUT2D eigenvalue weighted by Crippen LogP contribution is -2.57. The van der Waals surface area contributed by atoms with Crippen LogP contribution in [-0.2, 0) is 32.0 Å². The van der Waals surface area contributed by atoms with Gasteiger partial charge in [0.05, 0.1) is 6.04 Å². The van der Waals surface area contributed by atoms with Crippen LogP contribution in [-0.4, -0.2) is 58.6 Å². The normalized spacial score (nSPS) is 13.4. The first-order valence-electron chi connectivity index (χ1n) is 11.2. The van der Waals surface area contributed by atoms with Crippen molar-refractivity contribution in [3.8, 4) is 5.75 Å². The number of nitrogens with one attached hydrogen (secondary N) is 3. The van der Waals surface area contributed by atoms with Crippen molar-refractivity contribution in [2.75, 3.05) is 6.54 Å². The van der Waals surface area contributed by atoms with Crippen molar-refractivity contribution in [2.24, 2.45) is 11.7 Å². The van der Waals surface area contributed by atoms with E-state index in [1.165, 1.54) is 12.1 Å². The SMILES string of the molecule is CC(C)C(N)C(=O)NC(Cc1ccccc1)C(=O)NC(Cc1ccc(O)cc1)C(=O)NCC(=O)O. The molecular weight excluding hydrogens is 452 g/mol. The van der Waals surface area contributed by atoms with Gasteiger partial charge in [-0.3, -0.25) is 19.2 Å². The lowest BCUT2D eigenvalue weighted by atomic mass is 10.0. The van der Waals surface area contributed by atoms with E-state index in [4.69, 9.17) is 10.8 Å². The van der Waals surface area contributed by atoms with Gasteiger partial charge in [-0.15, -0.1) is 0 Å². The van der Waals surface area contributed by atoms with E-state index in [9.17, 15) is 24.3 Å². The lowest BCUT2D eigenvalue weighted by Gasteiger charge is -2.25. The molecule has 7 N–H and O–H groups in total. The number of benzene rings is 2. The highest BCUT2D eigenvalue weighted by Gasteiger charge is 2.29. The highest BCUT2D eigenvalue weighted by Crippen LogP contribution is 2.12. The molecule has 10 nitrogen and oxygen atoms in total. The zero-order chi connectivity index (χ0) is 26.0. The molecule has 0 aliphatic carbocycles. The number of rotatable bonds is 12. The largest absolute Gasteiger partial charge is 0.508 e. The minimum atomic E-state index is -1.23. The van der Waals surface area contributed by atoms with Gasteiger partial charge in [0, 0.05) is 12.8 Å². The second kappa shape index (κ2) is 13.1. The van der Waals surface area contributed by atoms with Crippen molar-refractivity contribution < 1.29 is 29.4 Å². The van der Waals surface area contributed by atoms with E-state index in [0.29, 0.717) is 5.56 Å². The van der Waals surface area contributed by atoms with Crippen molar-refractivity contribution in [1.29, 1.82) is 0 Å². The number of phenols is 1. The van der Waals surface area contributed by atoms with Crippen molar-refractivity contribution in [2.45, 2.75) is 44.8 Å². The van der Waals surface area contributed by atoms with E-state index in [1.807, 2.05) is 18.2 Å². The summed E-state index contributed by atoms with van der Waals surface area (Å²) in [4.78, 5) is 49.5. The third kappa shape index (κ3) is 9.09. The molecule has 0 aromatic heterocycles. The summed E-state index contributed by atoms with van der Waals surface area (Å²) in [5.41, 5.74) is 7.37. The number of carbonyl (C=O) groups excluding carboxylic acids is 3. The number of carboxylic acid groups (broad SMARTS) is 1. The molecule has 3 unspecified atom stereocenters. The molecule has 0 fully saturated rings. The first kappa shape index (κ1) is 27.3. The Balaban J connectivity index is 2.25. The van der Waals surface area contributed by atoms with Gasteiger partial charge in [-0.2, -0.15) is 0 Å². The molecule has 0 aliphatic rings. The highest BCUT2D eigenvalue weighted by molar-refractivity contribution is 5.94. The summed E-state index contributed by atoms with van der Waals surface area (Å²) in [5.74, 6) is -3.16. The molecule has 2 aromatic carbocycles. The van der Waals surface area contributed by atoms with Crippen LogP contribution in [0.3, 0.4) is 0 Å². The van der Waals surface area contributed by atoms with Crippen molar-refractivity contribution in [1.82, 2.24) is 16.0 Å². The number of aromatic hydroxyl groups is 1. The number of phenolic OH excluding ortho intramolecular Hbond substituents is 1. The molecule has 0 spiro atoms. The quantitative estimate of drug-likeness (QED) is 0.252. The van der Waals surface area contributed by atoms with Gasteiger partial charge in [0.25, 0.3) is 0 Å². The summed E-state index contributed by atoms with van der Waals surface area (Å²) in [6.45, 7) is 2.96. The standard InChI is InChI=1S/C25H32N4O6/c1-15(2)22(26)25(35)29-20(12-16-6-4-3-5-7-16)24(34)28-19(23(33)27-14-21(31)32)13-17-8-10-18(30)11-9-17/h3-11,15,19-20,22,30H,12-14,26H2,1-2H3,(H,27,33)(H,28,34)(H,29,35)(H,31,32). The summed E-state index contributed by atoms with van der Waals surface area (Å²) in [6.07, 6.45) is 0.195. The van der Waals surface area contributed by atoms with Gasteiger partial charge >= 0.3 is 5.97 Å². The maximum Gasteiger partial charge on any atom is 0.322 e. The molecule has 35 heavy (non-hydrogen) atoms. The Hall–Kier alpha value is -3.92. The number of carboxylic acids is 1. The van der Waals surface area contributed by atoms with Crippen LogP contribution in [0.1, 0.15) is 25.0 Å². The zero-order valence-electron chi connectivity index (χ0n) is 19.7. The predicted octanol–water partition coefficient (Wildman–Crippen LogP) is 0.331.